The average molecular weight is 308 g/mol. The molecular formula is C9H17NaO6S2. The molecule has 0 spiro atoms. The number of hydrogen-bond donors (Lipinski definition) is 0. The maximum Gasteiger partial charge on any atom is 1.00 e. The first kappa shape index (κ1) is 19.1. The smallest absolute Gasteiger partial charge is 0.748 e. The van der Waals surface area contributed by atoms with Gasteiger partial charge in [-0.3, -0.25) is 0 Å². The monoisotopic (exact) mass is 308 g/mol. The van der Waals surface area contributed by atoms with E-state index in [-0.39, 0.29) is 35.7 Å². The summed E-state index contributed by atoms with van der Waals surface area (Å²) in [6, 6.07) is 0. The first-order chi connectivity index (χ1) is 8.00. The van der Waals surface area contributed by atoms with E-state index in [4.69, 9.17) is 14.5 Å². The second kappa shape index (κ2) is 9.95. The SMILES string of the molecule is CC(CSCCCOOCC1CO1)S(=O)(=O)[O-].[Na+]. The van der Waals surface area contributed by atoms with Crippen molar-refractivity contribution in [3.63, 3.8) is 0 Å². The van der Waals surface area contributed by atoms with Crippen LogP contribution in [-0.2, 0) is 24.6 Å². The van der Waals surface area contributed by atoms with Crippen molar-refractivity contribution in [2.45, 2.75) is 24.7 Å². The number of rotatable bonds is 10. The van der Waals surface area contributed by atoms with Crippen molar-refractivity contribution in [2.24, 2.45) is 0 Å². The van der Waals surface area contributed by atoms with Crippen molar-refractivity contribution in [1.29, 1.82) is 0 Å². The molecule has 1 saturated heterocycles. The second-order valence-corrected chi connectivity index (χ2v) is 6.73. The van der Waals surface area contributed by atoms with Crippen molar-refractivity contribution in [2.75, 3.05) is 31.3 Å². The number of thioether (sulfide) groups is 1. The summed E-state index contributed by atoms with van der Waals surface area (Å²) in [6.45, 7) is 3.07. The van der Waals surface area contributed by atoms with Crippen LogP contribution in [0.4, 0.5) is 0 Å². The van der Waals surface area contributed by atoms with Crippen LogP contribution in [0.25, 0.3) is 0 Å². The normalized spacial score (nSPS) is 20.2. The Hall–Kier alpha value is 1.14. The van der Waals surface area contributed by atoms with Crippen LogP contribution in [0.2, 0.25) is 0 Å². The topological polar surface area (TPSA) is 88.2 Å². The third-order valence-electron chi connectivity index (χ3n) is 2.10. The van der Waals surface area contributed by atoms with E-state index in [9.17, 15) is 13.0 Å². The molecule has 0 aromatic rings. The summed E-state index contributed by atoms with van der Waals surface area (Å²) in [7, 11) is -4.15. The molecule has 0 aliphatic carbocycles. The molecule has 2 atom stereocenters. The van der Waals surface area contributed by atoms with Crippen LogP contribution >= 0.6 is 11.8 Å². The number of epoxide rings is 1. The Balaban J connectivity index is 0.00000289. The van der Waals surface area contributed by atoms with E-state index in [1.165, 1.54) is 18.7 Å². The van der Waals surface area contributed by atoms with E-state index in [0.717, 1.165) is 18.8 Å². The maximum atomic E-state index is 10.6. The Bertz CT molecular complexity index is 306. The van der Waals surface area contributed by atoms with Crippen LogP contribution in [0, 0.1) is 0 Å². The molecule has 1 heterocycles. The number of hydrogen-bond acceptors (Lipinski definition) is 7. The van der Waals surface area contributed by atoms with Gasteiger partial charge in [-0.05, 0) is 19.1 Å². The van der Waals surface area contributed by atoms with E-state index in [1.54, 1.807) is 0 Å². The fraction of sp³-hybridized carbons (Fsp3) is 1.00. The zero-order valence-electron chi connectivity index (χ0n) is 10.7. The van der Waals surface area contributed by atoms with Gasteiger partial charge in [0.15, 0.2) is 0 Å². The third-order valence-corrected chi connectivity index (χ3v) is 4.78. The molecule has 2 unspecified atom stereocenters. The summed E-state index contributed by atoms with van der Waals surface area (Å²) in [5.74, 6) is 1.06. The molecule has 0 amide bonds. The molecule has 102 valence electrons. The van der Waals surface area contributed by atoms with Gasteiger partial charge in [0.2, 0.25) is 0 Å². The van der Waals surface area contributed by atoms with Crippen molar-refractivity contribution in [1.82, 2.24) is 0 Å². The minimum Gasteiger partial charge on any atom is -0.748 e. The van der Waals surface area contributed by atoms with E-state index < -0.39 is 15.4 Å². The van der Waals surface area contributed by atoms with Gasteiger partial charge in [0, 0.05) is 5.75 Å². The summed E-state index contributed by atoms with van der Waals surface area (Å²) in [6.07, 6.45) is 0.939. The molecule has 1 aliphatic rings. The summed E-state index contributed by atoms with van der Waals surface area (Å²) in [4.78, 5) is 9.74. The largest absolute Gasteiger partial charge is 1.00 e. The molecule has 0 aromatic carbocycles. The van der Waals surface area contributed by atoms with Gasteiger partial charge in [0.25, 0.3) is 0 Å². The van der Waals surface area contributed by atoms with Crippen LogP contribution in [0.3, 0.4) is 0 Å². The van der Waals surface area contributed by atoms with Gasteiger partial charge < -0.3 is 9.29 Å². The van der Waals surface area contributed by atoms with Gasteiger partial charge in [0.05, 0.1) is 28.6 Å². The fourth-order valence-corrected chi connectivity index (χ4v) is 2.68. The molecule has 0 saturated carbocycles. The van der Waals surface area contributed by atoms with Crippen molar-refractivity contribution >= 4 is 21.9 Å². The van der Waals surface area contributed by atoms with E-state index in [2.05, 4.69) is 0 Å². The molecule has 6 nitrogen and oxygen atoms in total. The molecule has 0 radical (unpaired) electrons. The molecule has 1 rings (SSSR count). The van der Waals surface area contributed by atoms with Crippen LogP contribution in [-0.4, -0.2) is 55.7 Å². The zero-order chi connectivity index (χ0) is 12.7. The second-order valence-electron chi connectivity index (χ2n) is 3.79. The Kier molecular flexibility index (Phi) is 10.6. The third kappa shape index (κ3) is 9.99. The number of ether oxygens (including phenoxy) is 1. The summed E-state index contributed by atoms with van der Waals surface area (Å²) >= 11 is 1.43. The Morgan fingerprint density at radius 3 is 2.72 bits per heavy atom. The predicted octanol–water partition coefficient (Wildman–Crippen LogP) is -2.61. The van der Waals surface area contributed by atoms with Crippen molar-refractivity contribution < 1.29 is 57.0 Å². The molecular weight excluding hydrogens is 291 g/mol. The molecule has 18 heavy (non-hydrogen) atoms. The van der Waals surface area contributed by atoms with E-state index >= 15 is 0 Å². The average Bonchev–Trinajstić information content (AvgIpc) is 3.04. The minimum atomic E-state index is -4.15. The van der Waals surface area contributed by atoms with Crippen molar-refractivity contribution in [3.05, 3.63) is 0 Å². The van der Waals surface area contributed by atoms with E-state index in [1.807, 2.05) is 0 Å². The minimum absolute atomic E-state index is 0. The van der Waals surface area contributed by atoms with Gasteiger partial charge in [-0.1, -0.05) is 0 Å². The molecule has 0 N–H and O–H groups in total. The summed E-state index contributed by atoms with van der Waals surface area (Å²) in [5.41, 5.74) is 0. The van der Waals surface area contributed by atoms with E-state index in [0.29, 0.717) is 19.0 Å². The molecule has 0 aromatic heterocycles. The van der Waals surface area contributed by atoms with Crippen LogP contribution in [0.5, 0.6) is 0 Å². The van der Waals surface area contributed by atoms with Gasteiger partial charge in [-0.2, -0.15) is 11.8 Å². The van der Waals surface area contributed by atoms with Gasteiger partial charge in [-0.15, -0.1) is 0 Å². The van der Waals surface area contributed by atoms with Gasteiger partial charge in [-0.25, -0.2) is 18.2 Å². The first-order valence-electron chi connectivity index (χ1n) is 5.38. The summed E-state index contributed by atoms with van der Waals surface area (Å²) in [5, 5.41) is -0.836. The fourth-order valence-electron chi connectivity index (χ4n) is 0.900. The first-order valence-corrected chi connectivity index (χ1v) is 8.01. The molecule has 1 aliphatic heterocycles. The van der Waals surface area contributed by atoms with Gasteiger partial charge >= 0.3 is 29.6 Å². The standard InChI is InChI=1S/C9H18O6S2.Na/c1-8(17(10,11)12)7-16-4-2-3-14-15-6-9-5-13-9;/h8-9H,2-7H2,1H3,(H,10,11,12);/q;+1/p-1. The quantitative estimate of drug-likeness (QED) is 0.109. The van der Waals surface area contributed by atoms with Gasteiger partial charge in [0.1, 0.15) is 12.7 Å². The predicted molar refractivity (Wildman–Crippen MR) is 62.7 cm³/mol. The Labute approximate surface area is 134 Å². The Morgan fingerprint density at radius 2 is 2.17 bits per heavy atom. The zero-order valence-corrected chi connectivity index (χ0v) is 14.3. The summed E-state index contributed by atoms with van der Waals surface area (Å²) < 4.78 is 36.7. The maximum absolute atomic E-state index is 10.6. The van der Waals surface area contributed by atoms with Crippen LogP contribution in [0.1, 0.15) is 13.3 Å². The molecule has 9 heteroatoms. The molecule has 1 fully saturated rings. The van der Waals surface area contributed by atoms with Crippen LogP contribution in [0.15, 0.2) is 0 Å². The molecule has 0 bridgehead atoms. The Morgan fingerprint density at radius 1 is 1.50 bits per heavy atom. The van der Waals surface area contributed by atoms with Crippen molar-refractivity contribution in [3.8, 4) is 0 Å². The van der Waals surface area contributed by atoms with Crippen LogP contribution < -0.4 is 29.6 Å².